The lowest BCUT2D eigenvalue weighted by atomic mass is 9.87. The number of likely N-dealkylation sites (tertiary alicyclic amines) is 1. The van der Waals surface area contributed by atoms with Gasteiger partial charge in [-0.1, -0.05) is 30.3 Å². The molecule has 1 saturated carbocycles. The van der Waals surface area contributed by atoms with Crippen LogP contribution in [0.3, 0.4) is 0 Å². The molecule has 1 atom stereocenters. The maximum Gasteiger partial charge on any atom is 0.371 e. The number of carbonyl (C=O) groups excluding carboxylic acids is 3. The van der Waals surface area contributed by atoms with Gasteiger partial charge in [-0.05, 0) is 57.9 Å². The van der Waals surface area contributed by atoms with Crippen LogP contribution in [-0.2, 0) is 35.2 Å². The van der Waals surface area contributed by atoms with Gasteiger partial charge in [0.05, 0.1) is 25.2 Å². The van der Waals surface area contributed by atoms with E-state index in [9.17, 15) is 14.4 Å². The highest BCUT2D eigenvalue weighted by molar-refractivity contribution is 5.83. The van der Waals surface area contributed by atoms with E-state index in [2.05, 4.69) is 4.90 Å². The number of hydrogen-bond acceptors (Lipinski definition) is 8. The second-order valence-electron chi connectivity index (χ2n) is 10.1. The average molecular weight is 516 g/mol. The first-order chi connectivity index (χ1) is 18.0. The Balaban J connectivity index is 1.58. The van der Waals surface area contributed by atoms with Gasteiger partial charge in [-0.25, -0.2) is 9.69 Å². The third kappa shape index (κ3) is 6.33. The highest BCUT2D eigenvalue weighted by Crippen LogP contribution is 2.36. The number of likely N-dealkylation sites (N-methyl/N-ethyl adjacent to an activating group) is 1. The van der Waals surface area contributed by atoms with Gasteiger partial charge in [0, 0.05) is 32.7 Å². The number of piperazine rings is 1. The number of carbonyl (C=O) groups is 3. The zero-order valence-corrected chi connectivity index (χ0v) is 22.2. The molecule has 1 unspecified atom stereocenters. The average Bonchev–Trinajstić information content (AvgIpc) is 3.47. The lowest BCUT2D eigenvalue weighted by Gasteiger charge is -2.50. The normalized spacial score (nSPS) is 25.0. The molecule has 1 aromatic rings. The molecule has 4 rings (SSSR count). The van der Waals surface area contributed by atoms with Crippen molar-refractivity contribution in [3.63, 3.8) is 0 Å². The van der Waals surface area contributed by atoms with Crippen molar-refractivity contribution in [3.8, 4) is 0 Å². The molecule has 0 aromatic heterocycles. The van der Waals surface area contributed by atoms with Gasteiger partial charge >= 0.3 is 11.9 Å². The first kappa shape index (κ1) is 27.5. The predicted molar refractivity (Wildman–Crippen MR) is 137 cm³/mol. The molecule has 0 bridgehead atoms. The fourth-order valence-corrected chi connectivity index (χ4v) is 5.70. The van der Waals surface area contributed by atoms with E-state index in [1.165, 1.54) is 0 Å². The van der Waals surface area contributed by atoms with Crippen molar-refractivity contribution in [3.05, 3.63) is 35.9 Å². The number of benzene rings is 1. The summed E-state index contributed by atoms with van der Waals surface area (Å²) in [4.78, 5) is 45.1. The van der Waals surface area contributed by atoms with Crippen molar-refractivity contribution in [2.24, 2.45) is 5.92 Å². The van der Waals surface area contributed by atoms with E-state index in [0.717, 1.165) is 18.4 Å². The summed E-state index contributed by atoms with van der Waals surface area (Å²) in [5, 5.41) is 0. The van der Waals surface area contributed by atoms with E-state index in [1.54, 1.807) is 0 Å². The van der Waals surface area contributed by atoms with Crippen LogP contribution in [-0.4, -0.2) is 90.4 Å². The van der Waals surface area contributed by atoms with E-state index in [-0.39, 0.29) is 37.0 Å². The Labute approximate surface area is 220 Å². The van der Waals surface area contributed by atoms with Crippen LogP contribution < -0.4 is 0 Å². The first-order valence-electron chi connectivity index (χ1n) is 13.8. The lowest BCUT2D eigenvalue weighted by Crippen LogP contribution is -2.71. The minimum Gasteiger partial charge on any atom is -0.466 e. The Morgan fingerprint density at radius 1 is 0.919 bits per heavy atom. The maximum atomic E-state index is 14.1. The van der Waals surface area contributed by atoms with E-state index in [4.69, 9.17) is 14.2 Å². The van der Waals surface area contributed by atoms with Gasteiger partial charge in [0.25, 0.3) is 5.85 Å². The molecule has 2 heterocycles. The number of nitrogens with zero attached hydrogens (tertiary/aromatic N) is 3. The standard InChI is InChI=1S/C28H41N3O6/c1-3-29-18-19-31(20-25(29)32)28(30-16-8-9-17-30,27(34)36-21-22-10-6-5-7-11-22)37-24-14-12-23(13-15-24)26(33)35-4-2/h5-7,10-11,23-24H,3-4,8-9,12-21H2,1-2H3. The molecule has 3 fully saturated rings. The summed E-state index contributed by atoms with van der Waals surface area (Å²) in [6, 6.07) is 9.60. The third-order valence-corrected chi connectivity index (χ3v) is 7.77. The smallest absolute Gasteiger partial charge is 0.371 e. The van der Waals surface area contributed by atoms with Crippen LogP contribution in [0, 0.1) is 5.92 Å². The molecular formula is C28H41N3O6. The molecule has 1 amide bonds. The summed E-state index contributed by atoms with van der Waals surface area (Å²) < 4.78 is 18.0. The Morgan fingerprint density at radius 2 is 1.62 bits per heavy atom. The summed E-state index contributed by atoms with van der Waals surface area (Å²) in [5.41, 5.74) is 0.896. The molecule has 0 radical (unpaired) electrons. The summed E-state index contributed by atoms with van der Waals surface area (Å²) in [6.45, 7) is 7.48. The third-order valence-electron chi connectivity index (χ3n) is 7.77. The van der Waals surface area contributed by atoms with Gasteiger partial charge in [0.1, 0.15) is 6.61 Å². The highest BCUT2D eigenvalue weighted by Gasteiger charge is 2.56. The molecule has 9 nitrogen and oxygen atoms in total. The van der Waals surface area contributed by atoms with Crippen LogP contribution in [0.2, 0.25) is 0 Å². The second-order valence-corrected chi connectivity index (χ2v) is 10.1. The molecule has 3 aliphatic rings. The number of rotatable bonds is 10. The van der Waals surface area contributed by atoms with Gasteiger partial charge in [-0.3, -0.25) is 14.5 Å². The molecule has 37 heavy (non-hydrogen) atoms. The van der Waals surface area contributed by atoms with Crippen molar-refractivity contribution in [2.45, 2.75) is 70.9 Å². The van der Waals surface area contributed by atoms with Crippen LogP contribution in [0.15, 0.2) is 30.3 Å². The number of esters is 2. The van der Waals surface area contributed by atoms with Crippen LogP contribution in [0.1, 0.15) is 57.9 Å². The largest absolute Gasteiger partial charge is 0.466 e. The maximum absolute atomic E-state index is 14.1. The minimum atomic E-state index is -1.47. The quantitative estimate of drug-likeness (QED) is 0.440. The molecule has 0 N–H and O–H groups in total. The Hall–Kier alpha value is -2.49. The van der Waals surface area contributed by atoms with E-state index < -0.39 is 11.8 Å². The van der Waals surface area contributed by atoms with Gasteiger partial charge in [0.15, 0.2) is 0 Å². The fraction of sp³-hybridized carbons (Fsp3) is 0.679. The lowest BCUT2D eigenvalue weighted by molar-refractivity contribution is -0.275. The molecule has 1 aliphatic carbocycles. The number of hydrogen-bond donors (Lipinski definition) is 0. The predicted octanol–water partition coefficient (Wildman–Crippen LogP) is 2.78. The number of ether oxygens (including phenoxy) is 3. The molecular weight excluding hydrogens is 474 g/mol. The Morgan fingerprint density at radius 3 is 2.24 bits per heavy atom. The van der Waals surface area contributed by atoms with Crippen LogP contribution in [0.25, 0.3) is 0 Å². The zero-order valence-electron chi connectivity index (χ0n) is 22.2. The zero-order chi connectivity index (χ0) is 26.3. The summed E-state index contributed by atoms with van der Waals surface area (Å²) in [7, 11) is 0. The Kier molecular flexibility index (Phi) is 9.56. The monoisotopic (exact) mass is 515 g/mol. The van der Waals surface area contributed by atoms with Gasteiger partial charge in [-0.15, -0.1) is 0 Å². The van der Waals surface area contributed by atoms with Crippen molar-refractivity contribution in [1.29, 1.82) is 0 Å². The van der Waals surface area contributed by atoms with E-state index in [1.807, 2.05) is 54.0 Å². The van der Waals surface area contributed by atoms with E-state index >= 15 is 0 Å². The number of amides is 1. The van der Waals surface area contributed by atoms with Crippen molar-refractivity contribution in [2.75, 3.05) is 45.9 Å². The van der Waals surface area contributed by atoms with Crippen molar-refractivity contribution < 1.29 is 28.6 Å². The topological polar surface area (TPSA) is 88.6 Å². The molecule has 2 saturated heterocycles. The van der Waals surface area contributed by atoms with Crippen LogP contribution in [0.4, 0.5) is 0 Å². The molecule has 9 heteroatoms. The van der Waals surface area contributed by atoms with Crippen LogP contribution in [0.5, 0.6) is 0 Å². The Bertz CT molecular complexity index is 914. The van der Waals surface area contributed by atoms with Gasteiger partial charge < -0.3 is 19.1 Å². The van der Waals surface area contributed by atoms with Crippen molar-refractivity contribution >= 4 is 17.8 Å². The highest BCUT2D eigenvalue weighted by atomic mass is 16.6. The fourth-order valence-electron chi connectivity index (χ4n) is 5.70. The van der Waals surface area contributed by atoms with Gasteiger partial charge in [0.2, 0.25) is 5.91 Å². The molecule has 2 aliphatic heterocycles. The van der Waals surface area contributed by atoms with Gasteiger partial charge in [-0.2, -0.15) is 0 Å². The summed E-state index contributed by atoms with van der Waals surface area (Å²) in [5.74, 6) is -2.25. The minimum absolute atomic E-state index is 0.0113. The molecule has 204 valence electrons. The van der Waals surface area contributed by atoms with Crippen LogP contribution >= 0.6 is 0 Å². The summed E-state index contributed by atoms with van der Waals surface area (Å²) >= 11 is 0. The second kappa shape index (κ2) is 12.8. The first-order valence-corrected chi connectivity index (χ1v) is 13.8. The molecule has 1 aromatic carbocycles. The SMILES string of the molecule is CCOC(=O)C1CCC(OC(C(=O)OCc2ccccc2)(N2CCCC2)N2CCN(CC)C(=O)C2)CC1. The van der Waals surface area contributed by atoms with E-state index in [0.29, 0.717) is 65.0 Å². The van der Waals surface area contributed by atoms with Crippen molar-refractivity contribution in [1.82, 2.24) is 14.7 Å². The molecule has 0 spiro atoms. The summed E-state index contributed by atoms with van der Waals surface area (Å²) in [6.07, 6.45) is 4.28.